The number of rotatable bonds is 7. The van der Waals surface area contributed by atoms with E-state index in [0.29, 0.717) is 29.4 Å². The molecule has 1 atom stereocenters. The van der Waals surface area contributed by atoms with E-state index in [1.165, 1.54) is 0 Å². The Morgan fingerprint density at radius 1 is 1.29 bits per heavy atom. The van der Waals surface area contributed by atoms with E-state index in [4.69, 9.17) is 0 Å². The van der Waals surface area contributed by atoms with Gasteiger partial charge in [0.15, 0.2) is 6.29 Å². The van der Waals surface area contributed by atoms with Crippen LogP contribution in [0.2, 0.25) is 0 Å². The SMILES string of the molecule is CC(C)CC(C)c1ccccc1NC(=O)Cc1cn(C)nc1C=O. The number of aldehydes is 1. The Hall–Kier alpha value is -2.43. The number of anilines is 1. The molecule has 1 aromatic heterocycles. The van der Waals surface area contributed by atoms with Gasteiger partial charge < -0.3 is 5.32 Å². The van der Waals surface area contributed by atoms with Gasteiger partial charge in [-0.1, -0.05) is 39.0 Å². The van der Waals surface area contributed by atoms with Crippen LogP contribution in [-0.2, 0) is 18.3 Å². The molecule has 1 N–H and O–H groups in total. The van der Waals surface area contributed by atoms with Gasteiger partial charge in [0.2, 0.25) is 5.91 Å². The predicted octanol–water partition coefficient (Wildman–Crippen LogP) is 3.56. The molecule has 0 radical (unpaired) electrons. The number of carbonyl (C=O) groups excluding carboxylic acids is 2. The molecular formula is C19H25N3O2. The summed E-state index contributed by atoms with van der Waals surface area (Å²) in [6.07, 6.45) is 3.58. The highest BCUT2D eigenvalue weighted by Crippen LogP contribution is 2.29. The van der Waals surface area contributed by atoms with Crippen LogP contribution >= 0.6 is 0 Å². The summed E-state index contributed by atoms with van der Waals surface area (Å²) in [6, 6.07) is 7.90. The molecule has 0 saturated heterocycles. The third kappa shape index (κ3) is 4.54. The van der Waals surface area contributed by atoms with Crippen LogP contribution in [0.5, 0.6) is 0 Å². The van der Waals surface area contributed by atoms with Gasteiger partial charge in [-0.2, -0.15) is 5.10 Å². The molecule has 128 valence electrons. The van der Waals surface area contributed by atoms with Gasteiger partial charge in [-0.3, -0.25) is 14.3 Å². The molecule has 2 rings (SSSR count). The maximum absolute atomic E-state index is 12.4. The summed E-state index contributed by atoms with van der Waals surface area (Å²) >= 11 is 0. The first kappa shape index (κ1) is 17.9. The standard InChI is InChI=1S/C19H25N3O2/c1-13(2)9-14(3)16-7-5-6-8-17(16)20-19(24)10-15-11-22(4)21-18(15)12-23/h5-8,11-14H,9-10H2,1-4H3,(H,20,24). The molecule has 0 aliphatic heterocycles. The number of amides is 1. The molecule has 0 spiro atoms. The van der Waals surface area contributed by atoms with E-state index in [1.54, 1.807) is 17.9 Å². The number of carbonyl (C=O) groups is 2. The topological polar surface area (TPSA) is 64.0 Å². The monoisotopic (exact) mass is 327 g/mol. The first-order valence-corrected chi connectivity index (χ1v) is 8.27. The Balaban J connectivity index is 2.13. The average molecular weight is 327 g/mol. The van der Waals surface area contributed by atoms with Crippen molar-refractivity contribution in [3.05, 3.63) is 47.3 Å². The van der Waals surface area contributed by atoms with Crippen LogP contribution in [0, 0.1) is 5.92 Å². The Morgan fingerprint density at radius 3 is 2.67 bits per heavy atom. The van der Waals surface area contributed by atoms with Crippen molar-refractivity contribution >= 4 is 17.9 Å². The largest absolute Gasteiger partial charge is 0.326 e. The minimum atomic E-state index is -0.143. The molecule has 24 heavy (non-hydrogen) atoms. The predicted molar refractivity (Wildman–Crippen MR) is 95.2 cm³/mol. The Kier molecular flexibility index (Phi) is 5.90. The van der Waals surface area contributed by atoms with E-state index in [2.05, 4.69) is 37.3 Å². The summed E-state index contributed by atoms with van der Waals surface area (Å²) in [5, 5.41) is 7.02. The van der Waals surface area contributed by atoms with Crippen molar-refractivity contribution in [3.8, 4) is 0 Å². The number of hydrogen-bond acceptors (Lipinski definition) is 3. The first-order chi connectivity index (χ1) is 11.4. The molecule has 5 nitrogen and oxygen atoms in total. The third-order valence-corrected chi connectivity index (χ3v) is 3.99. The number of aryl methyl sites for hydroxylation is 1. The molecule has 5 heteroatoms. The Bertz CT molecular complexity index is 719. The second-order valence-electron chi connectivity index (χ2n) is 6.67. The molecule has 0 aliphatic rings. The lowest BCUT2D eigenvalue weighted by Crippen LogP contribution is -2.16. The van der Waals surface area contributed by atoms with Crippen molar-refractivity contribution < 1.29 is 9.59 Å². The van der Waals surface area contributed by atoms with Gasteiger partial charge in [-0.15, -0.1) is 0 Å². The van der Waals surface area contributed by atoms with Crippen molar-refractivity contribution in [2.45, 2.75) is 39.5 Å². The number of nitrogens with zero attached hydrogens (tertiary/aromatic N) is 2. The second-order valence-corrected chi connectivity index (χ2v) is 6.67. The first-order valence-electron chi connectivity index (χ1n) is 8.27. The maximum atomic E-state index is 12.4. The number of nitrogens with one attached hydrogen (secondary N) is 1. The highest BCUT2D eigenvalue weighted by atomic mass is 16.1. The number of aromatic nitrogens is 2. The summed E-state index contributed by atoms with van der Waals surface area (Å²) in [5.41, 5.74) is 2.93. The molecular weight excluding hydrogens is 302 g/mol. The van der Waals surface area contributed by atoms with E-state index >= 15 is 0 Å². The zero-order valence-electron chi connectivity index (χ0n) is 14.7. The van der Waals surface area contributed by atoms with Crippen LogP contribution in [0.3, 0.4) is 0 Å². The van der Waals surface area contributed by atoms with Gasteiger partial charge in [0.25, 0.3) is 0 Å². The van der Waals surface area contributed by atoms with Crippen LogP contribution in [0.4, 0.5) is 5.69 Å². The highest BCUT2D eigenvalue weighted by molar-refractivity contribution is 5.94. The summed E-state index contributed by atoms with van der Waals surface area (Å²) in [6.45, 7) is 6.57. The van der Waals surface area contributed by atoms with Gasteiger partial charge in [0, 0.05) is 24.5 Å². The van der Waals surface area contributed by atoms with Crippen molar-refractivity contribution in [2.24, 2.45) is 13.0 Å². The minimum Gasteiger partial charge on any atom is -0.326 e. The molecule has 2 aromatic rings. The average Bonchev–Trinajstić information content (AvgIpc) is 2.86. The molecule has 1 amide bonds. The van der Waals surface area contributed by atoms with Crippen molar-refractivity contribution in [2.75, 3.05) is 5.32 Å². The van der Waals surface area contributed by atoms with E-state index in [1.807, 2.05) is 18.2 Å². The van der Waals surface area contributed by atoms with Gasteiger partial charge in [0.05, 0.1) is 6.42 Å². The van der Waals surface area contributed by atoms with E-state index in [0.717, 1.165) is 17.7 Å². The fraction of sp³-hybridized carbons (Fsp3) is 0.421. The van der Waals surface area contributed by atoms with Crippen LogP contribution in [0.1, 0.15) is 54.7 Å². The zero-order valence-corrected chi connectivity index (χ0v) is 14.7. The molecule has 0 saturated carbocycles. The quantitative estimate of drug-likeness (QED) is 0.791. The van der Waals surface area contributed by atoms with Crippen LogP contribution in [0.25, 0.3) is 0 Å². The number of hydrogen-bond donors (Lipinski definition) is 1. The zero-order chi connectivity index (χ0) is 17.7. The number of benzene rings is 1. The summed E-state index contributed by atoms with van der Waals surface area (Å²) in [7, 11) is 1.73. The molecule has 1 heterocycles. The van der Waals surface area contributed by atoms with Gasteiger partial charge in [-0.05, 0) is 29.9 Å². The molecule has 0 aliphatic carbocycles. The van der Waals surface area contributed by atoms with Gasteiger partial charge in [0.1, 0.15) is 5.69 Å². The van der Waals surface area contributed by atoms with E-state index < -0.39 is 0 Å². The third-order valence-electron chi connectivity index (χ3n) is 3.99. The van der Waals surface area contributed by atoms with Crippen molar-refractivity contribution in [1.29, 1.82) is 0 Å². The summed E-state index contributed by atoms with van der Waals surface area (Å²) in [4.78, 5) is 23.4. The maximum Gasteiger partial charge on any atom is 0.228 e. The van der Waals surface area contributed by atoms with E-state index in [9.17, 15) is 9.59 Å². The lowest BCUT2D eigenvalue weighted by Gasteiger charge is -2.18. The normalized spacial score (nSPS) is 12.2. The van der Waals surface area contributed by atoms with Gasteiger partial charge >= 0.3 is 0 Å². The summed E-state index contributed by atoms with van der Waals surface area (Å²) in [5.74, 6) is 0.815. The molecule has 1 unspecified atom stereocenters. The van der Waals surface area contributed by atoms with Crippen molar-refractivity contribution in [1.82, 2.24) is 9.78 Å². The van der Waals surface area contributed by atoms with Gasteiger partial charge in [-0.25, -0.2) is 0 Å². The Morgan fingerprint density at radius 2 is 2.00 bits per heavy atom. The minimum absolute atomic E-state index is 0.134. The lowest BCUT2D eigenvalue weighted by atomic mass is 9.91. The van der Waals surface area contributed by atoms with Crippen LogP contribution in [0.15, 0.2) is 30.5 Å². The Labute approximate surface area is 143 Å². The summed E-state index contributed by atoms with van der Waals surface area (Å²) < 4.78 is 1.55. The van der Waals surface area contributed by atoms with Crippen molar-refractivity contribution in [3.63, 3.8) is 0 Å². The molecule has 0 bridgehead atoms. The van der Waals surface area contributed by atoms with Crippen LogP contribution in [-0.4, -0.2) is 22.0 Å². The number of para-hydroxylation sites is 1. The lowest BCUT2D eigenvalue weighted by molar-refractivity contribution is -0.115. The smallest absolute Gasteiger partial charge is 0.228 e. The molecule has 1 aromatic carbocycles. The van der Waals surface area contributed by atoms with Crippen LogP contribution < -0.4 is 5.32 Å². The highest BCUT2D eigenvalue weighted by Gasteiger charge is 2.16. The molecule has 0 fully saturated rings. The van der Waals surface area contributed by atoms with E-state index in [-0.39, 0.29) is 12.3 Å². The second kappa shape index (κ2) is 7.90. The fourth-order valence-corrected chi connectivity index (χ4v) is 3.03. The fourth-order valence-electron chi connectivity index (χ4n) is 3.03.